The van der Waals surface area contributed by atoms with Gasteiger partial charge in [0.1, 0.15) is 11.1 Å². The van der Waals surface area contributed by atoms with E-state index in [0.717, 1.165) is 15.4 Å². The SMILES string of the molecule is CCOC(=O)c1c(C(=O)OCC)c(-c2cccs2)n(-c2ccccc2)c1-c1cccs1. The standard InChI is InChI=1S/C24H21NO4S2/c1-3-28-23(26)19-20(24(27)29-4-2)22(18-13-9-15-31-18)25(16-10-6-5-7-11-16)21(19)17-12-8-14-30-17/h5-15H,3-4H2,1-2H3. The van der Waals surface area contributed by atoms with E-state index in [-0.39, 0.29) is 24.3 Å². The summed E-state index contributed by atoms with van der Waals surface area (Å²) in [5.41, 5.74) is 2.57. The lowest BCUT2D eigenvalue weighted by Gasteiger charge is -2.13. The Morgan fingerprint density at radius 2 is 1.23 bits per heavy atom. The third kappa shape index (κ3) is 3.94. The van der Waals surface area contributed by atoms with Gasteiger partial charge in [0.15, 0.2) is 0 Å². The molecule has 0 atom stereocenters. The molecule has 0 bridgehead atoms. The second-order valence-electron chi connectivity index (χ2n) is 6.51. The summed E-state index contributed by atoms with van der Waals surface area (Å²) in [7, 11) is 0. The van der Waals surface area contributed by atoms with E-state index in [0.29, 0.717) is 11.4 Å². The first kappa shape index (κ1) is 21.1. The van der Waals surface area contributed by atoms with Gasteiger partial charge < -0.3 is 14.0 Å². The number of benzene rings is 1. The lowest BCUT2D eigenvalue weighted by molar-refractivity contribution is 0.0481. The quantitative estimate of drug-likeness (QED) is 0.310. The van der Waals surface area contributed by atoms with Crippen LogP contribution in [0.2, 0.25) is 0 Å². The van der Waals surface area contributed by atoms with E-state index in [4.69, 9.17) is 9.47 Å². The number of esters is 2. The van der Waals surface area contributed by atoms with Crippen LogP contribution in [-0.4, -0.2) is 29.7 Å². The van der Waals surface area contributed by atoms with Gasteiger partial charge in [0.25, 0.3) is 0 Å². The van der Waals surface area contributed by atoms with Crippen molar-refractivity contribution >= 4 is 34.6 Å². The van der Waals surface area contributed by atoms with Crippen LogP contribution in [0.15, 0.2) is 65.4 Å². The average Bonchev–Trinajstić information content (AvgIpc) is 3.53. The lowest BCUT2D eigenvalue weighted by Crippen LogP contribution is -2.13. The highest BCUT2D eigenvalue weighted by Gasteiger charge is 2.35. The fourth-order valence-corrected chi connectivity index (χ4v) is 5.04. The number of nitrogens with zero attached hydrogens (tertiary/aromatic N) is 1. The van der Waals surface area contributed by atoms with Crippen LogP contribution in [-0.2, 0) is 9.47 Å². The summed E-state index contributed by atoms with van der Waals surface area (Å²) in [5.74, 6) is -1.08. The monoisotopic (exact) mass is 451 g/mol. The van der Waals surface area contributed by atoms with Crippen LogP contribution in [0.5, 0.6) is 0 Å². The maximum Gasteiger partial charge on any atom is 0.341 e. The van der Waals surface area contributed by atoms with E-state index in [1.165, 1.54) is 22.7 Å². The highest BCUT2D eigenvalue weighted by molar-refractivity contribution is 7.14. The first-order valence-electron chi connectivity index (χ1n) is 9.93. The molecule has 0 unspecified atom stereocenters. The summed E-state index contributed by atoms with van der Waals surface area (Å²) in [6, 6.07) is 17.4. The molecule has 1 aromatic carbocycles. The molecule has 0 aliphatic rings. The van der Waals surface area contributed by atoms with Crippen LogP contribution in [0.25, 0.3) is 26.8 Å². The van der Waals surface area contributed by atoms with E-state index in [1.54, 1.807) is 13.8 Å². The van der Waals surface area contributed by atoms with Gasteiger partial charge >= 0.3 is 11.9 Å². The molecule has 0 aliphatic heterocycles. The summed E-state index contributed by atoms with van der Waals surface area (Å²) in [6.45, 7) is 3.91. The van der Waals surface area contributed by atoms with Crippen LogP contribution in [0.4, 0.5) is 0 Å². The van der Waals surface area contributed by atoms with Crippen molar-refractivity contribution in [1.29, 1.82) is 0 Å². The van der Waals surface area contributed by atoms with Gasteiger partial charge in [0, 0.05) is 5.69 Å². The maximum atomic E-state index is 13.2. The number of hydrogen-bond acceptors (Lipinski definition) is 6. The summed E-state index contributed by atoms with van der Waals surface area (Å²) >= 11 is 3.00. The Morgan fingerprint density at radius 1 is 0.742 bits per heavy atom. The zero-order valence-corrected chi connectivity index (χ0v) is 18.8. The Bertz CT molecular complexity index is 1100. The molecule has 158 valence electrons. The fraction of sp³-hybridized carbons (Fsp3) is 0.167. The third-order valence-corrected chi connectivity index (χ3v) is 6.41. The third-order valence-electron chi connectivity index (χ3n) is 4.65. The molecule has 3 aromatic heterocycles. The molecule has 7 heteroatoms. The van der Waals surface area contributed by atoms with Crippen molar-refractivity contribution in [1.82, 2.24) is 4.57 Å². The minimum Gasteiger partial charge on any atom is -0.462 e. The number of hydrogen-bond donors (Lipinski definition) is 0. The molecule has 0 N–H and O–H groups in total. The molecular weight excluding hydrogens is 430 g/mol. The largest absolute Gasteiger partial charge is 0.462 e. The Hall–Kier alpha value is -3.16. The van der Waals surface area contributed by atoms with Gasteiger partial charge in [-0.15, -0.1) is 22.7 Å². The molecule has 3 heterocycles. The lowest BCUT2D eigenvalue weighted by atomic mass is 10.1. The number of aromatic nitrogens is 1. The van der Waals surface area contributed by atoms with E-state index in [2.05, 4.69) is 0 Å². The zero-order chi connectivity index (χ0) is 21.8. The molecule has 0 amide bonds. The number of carbonyl (C=O) groups excluding carboxylic acids is 2. The van der Waals surface area contributed by atoms with Crippen LogP contribution in [0.1, 0.15) is 34.6 Å². The van der Waals surface area contributed by atoms with Crippen molar-refractivity contribution in [2.24, 2.45) is 0 Å². The number of ether oxygens (including phenoxy) is 2. The molecule has 4 rings (SSSR count). The number of rotatable bonds is 7. The van der Waals surface area contributed by atoms with Gasteiger partial charge in [0.2, 0.25) is 0 Å². The molecule has 31 heavy (non-hydrogen) atoms. The average molecular weight is 452 g/mol. The smallest absolute Gasteiger partial charge is 0.341 e. The van der Waals surface area contributed by atoms with Gasteiger partial charge in [-0.05, 0) is 48.9 Å². The van der Waals surface area contributed by atoms with Crippen molar-refractivity contribution in [3.8, 4) is 26.8 Å². The van der Waals surface area contributed by atoms with Crippen LogP contribution < -0.4 is 0 Å². The maximum absolute atomic E-state index is 13.2. The summed E-state index contributed by atoms with van der Waals surface area (Å²) < 4.78 is 12.8. The first-order valence-corrected chi connectivity index (χ1v) is 11.7. The van der Waals surface area contributed by atoms with Crippen molar-refractivity contribution in [2.45, 2.75) is 13.8 Å². The molecule has 0 radical (unpaired) electrons. The molecule has 0 aliphatic carbocycles. The van der Waals surface area contributed by atoms with E-state index in [9.17, 15) is 9.59 Å². The van der Waals surface area contributed by atoms with Crippen LogP contribution >= 0.6 is 22.7 Å². The van der Waals surface area contributed by atoms with Gasteiger partial charge in [-0.1, -0.05) is 30.3 Å². The Balaban J connectivity index is 2.17. The molecule has 5 nitrogen and oxygen atoms in total. The highest BCUT2D eigenvalue weighted by atomic mass is 32.1. The van der Waals surface area contributed by atoms with E-state index < -0.39 is 11.9 Å². The fourth-order valence-electron chi connectivity index (χ4n) is 3.50. The number of para-hydroxylation sites is 1. The predicted octanol–water partition coefficient (Wildman–Crippen LogP) is 6.29. The first-order chi connectivity index (χ1) is 15.2. The predicted molar refractivity (Wildman–Crippen MR) is 124 cm³/mol. The van der Waals surface area contributed by atoms with Gasteiger partial charge in [-0.2, -0.15) is 0 Å². The van der Waals surface area contributed by atoms with Crippen molar-refractivity contribution in [3.05, 3.63) is 76.5 Å². The Morgan fingerprint density at radius 3 is 1.61 bits per heavy atom. The van der Waals surface area contributed by atoms with Crippen LogP contribution in [0, 0.1) is 0 Å². The zero-order valence-electron chi connectivity index (χ0n) is 17.2. The summed E-state index contributed by atoms with van der Waals surface area (Å²) in [6.07, 6.45) is 0. The van der Waals surface area contributed by atoms with Crippen molar-refractivity contribution in [2.75, 3.05) is 13.2 Å². The second kappa shape index (κ2) is 9.32. The highest BCUT2D eigenvalue weighted by Crippen LogP contribution is 2.43. The van der Waals surface area contributed by atoms with Gasteiger partial charge in [0.05, 0.1) is 34.4 Å². The Kier molecular flexibility index (Phi) is 6.34. The van der Waals surface area contributed by atoms with Crippen molar-refractivity contribution < 1.29 is 19.1 Å². The molecule has 0 saturated carbocycles. The molecular formula is C24H21NO4S2. The van der Waals surface area contributed by atoms with Crippen LogP contribution in [0.3, 0.4) is 0 Å². The number of carbonyl (C=O) groups is 2. The van der Waals surface area contributed by atoms with Gasteiger partial charge in [-0.25, -0.2) is 9.59 Å². The molecule has 0 saturated heterocycles. The minimum absolute atomic E-state index is 0.204. The van der Waals surface area contributed by atoms with Gasteiger partial charge in [-0.3, -0.25) is 0 Å². The van der Waals surface area contributed by atoms with E-state index >= 15 is 0 Å². The second-order valence-corrected chi connectivity index (χ2v) is 8.41. The normalized spacial score (nSPS) is 10.8. The molecule has 4 aromatic rings. The van der Waals surface area contributed by atoms with Crippen molar-refractivity contribution in [3.63, 3.8) is 0 Å². The summed E-state index contributed by atoms with van der Waals surface area (Å²) in [5, 5.41) is 3.89. The Labute approximate surface area is 188 Å². The molecule has 0 spiro atoms. The van der Waals surface area contributed by atoms with E-state index in [1.807, 2.05) is 69.9 Å². The summed E-state index contributed by atoms with van der Waals surface area (Å²) in [4.78, 5) is 28.2. The topological polar surface area (TPSA) is 57.5 Å². The minimum atomic E-state index is -0.540. The molecule has 0 fully saturated rings. The number of thiophene rings is 2.